The molecule has 1 aromatic carbocycles. The fourth-order valence-corrected chi connectivity index (χ4v) is 3.84. The van der Waals surface area contributed by atoms with Gasteiger partial charge in [-0.25, -0.2) is 9.37 Å². The maximum Gasteiger partial charge on any atom is 0.253 e. The molecule has 0 saturated carbocycles. The van der Waals surface area contributed by atoms with Gasteiger partial charge in [-0.05, 0) is 38.0 Å². The quantitative estimate of drug-likeness (QED) is 0.871. The molecular formula is C19H23FN4O2S. The third-order valence-corrected chi connectivity index (χ3v) is 5.55. The van der Waals surface area contributed by atoms with Crippen LogP contribution in [0.25, 0.3) is 0 Å². The van der Waals surface area contributed by atoms with Crippen molar-refractivity contribution in [1.29, 1.82) is 0 Å². The van der Waals surface area contributed by atoms with Gasteiger partial charge in [0.1, 0.15) is 5.82 Å². The number of carbonyl (C=O) groups is 2. The first-order valence-corrected chi connectivity index (χ1v) is 9.72. The number of thiazole rings is 1. The number of benzene rings is 1. The molecule has 2 heterocycles. The van der Waals surface area contributed by atoms with Crippen LogP contribution in [0, 0.1) is 18.7 Å². The van der Waals surface area contributed by atoms with Crippen molar-refractivity contribution < 1.29 is 14.0 Å². The Morgan fingerprint density at radius 2 is 2.00 bits per heavy atom. The predicted molar refractivity (Wildman–Crippen MR) is 105 cm³/mol. The van der Waals surface area contributed by atoms with Gasteiger partial charge in [-0.2, -0.15) is 0 Å². The van der Waals surface area contributed by atoms with E-state index in [1.165, 1.54) is 17.4 Å². The van der Waals surface area contributed by atoms with E-state index in [-0.39, 0.29) is 17.7 Å². The van der Waals surface area contributed by atoms with Crippen LogP contribution in [0.5, 0.6) is 0 Å². The zero-order valence-electron chi connectivity index (χ0n) is 15.7. The summed E-state index contributed by atoms with van der Waals surface area (Å²) in [5, 5.41) is 5.33. The molecule has 1 fully saturated rings. The summed E-state index contributed by atoms with van der Waals surface area (Å²) >= 11 is 1.40. The Bertz CT molecular complexity index is 844. The lowest BCUT2D eigenvalue weighted by Crippen LogP contribution is -2.41. The van der Waals surface area contributed by atoms with Crippen molar-refractivity contribution in [3.63, 3.8) is 0 Å². The van der Waals surface area contributed by atoms with Gasteiger partial charge < -0.3 is 15.1 Å². The van der Waals surface area contributed by atoms with E-state index in [4.69, 9.17) is 0 Å². The first-order chi connectivity index (χ1) is 12.8. The van der Waals surface area contributed by atoms with Gasteiger partial charge in [-0.3, -0.25) is 9.59 Å². The number of nitrogens with one attached hydrogen (secondary N) is 1. The zero-order chi connectivity index (χ0) is 19.6. The molecule has 1 aromatic heterocycles. The van der Waals surface area contributed by atoms with Gasteiger partial charge in [-0.1, -0.05) is 0 Å². The normalized spacial score (nSPS) is 14.9. The number of aromatic nitrogens is 1. The molecule has 0 spiro atoms. The topological polar surface area (TPSA) is 65.5 Å². The number of hydrogen-bond donors (Lipinski definition) is 1. The van der Waals surface area contributed by atoms with E-state index in [1.807, 2.05) is 12.3 Å². The van der Waals surface area contributed by atoms with E-state index in [0.29, 0.717) is 42.3 Å². The van der Waals surface area contributed by atoms with Gasteiger partial charge >= 0.3 is 0 Å². The standard InChI is InChI=1S/C19H23FN4O2S/c1-12-11-27-19(21-12)22-17(25)13-6-8-24(9-7-13)18(26)14-4-5-16(23(2)3)15(20)10-14/h4-5,10-11,13H,6-9H2,1-3H3,(H,21,22,25). The van der Waals surface area contributed by atoms with Crippen LogP contribution >= 0.6 is 11.3 Å². The molecule has 27 heavy (non-hydrogen) atoms. The Morgan fingerprint density at radius 3 is 2.56 bits per heavy atom. The summed E-state index contributed by atoms with van der Waals surface area (Å²) in [4.78, 5) is 32.6. The highest BCUT2D eigenvalue weighted by atomic mass is 32.1. The predicted octanol–water partition coefficient (Wildman–Crippen LogP) is 3.15. The number of rotatable bonds is 4. The highest BCUT2D eigenvalue weighted by Crippen LogP contribution is 2.24. The molecule has 6 nitrogen and oxygen atoms in total. The molecule has 0 radical (unpaired) electrons. The maximum atomic E-state index is 14.1. The molecular weight excluding hydrogens is 367 g/mol. The van der Waals surface area contributed by atoms with Gasteiger partial charge in [0.05, 0.1) is 11.4 Å². The van der Waals surface area contributed by atoms with E-state index in [9.17, 15) is 14.0 Å². The van der Waals surface area contributed by atoms with E-state index in [0.717, 1.165) is 5.69 Å². The third kappa shape index (κ3) is 4.44. The number of hydrogen-bond acceptors (Lipinski definition) is 5. The number of amides is 2. The Balaban J connectivity index is 1.57. The van der Waals surface area contributed by atoms with Crippen molar-refractivity contribution in [2.24, 2.45) is 5.92 Å². The van der Waals surface area contributed by atoms with Crippen LogP contribution in [0.4, 0.5) is 15.2 Å². The molecule has 0 atom stereocenters. The van der Waals surface area contributed by atoms with Crippen LogP contribution in [0.3, 0.4) is 0 Å². The van der Waals surface area contributed by atoms with E-state index in [1.54, 1.807) is 36.0 Å². The highest BCUT2D eigenvalue weighted by Gasteiger charge is 2.28. The largest absolute Gasteiger partial charge is 0.375 e. The highest BCUT2D eigenvalue weighted by molar-refractivity contribution is 7.13. The van der Waals surface area contributed by atoms with Crippen molar-refractivity contribution in [2.75, 3.05) is 37.4 Å². The van der Waals surface area contributed by atoms with Crippen LogP contribution in [-0.2, 0) is 4.79 Å². The fraction of sp³-hybridized carbons (Fsp3) is 0.421. The molecule has 2 aromatic rings. The molecule has 2 amide bonds. The molecule has 1 N–H and O–H groups in total. The minimum absolute atomic E-state index is 0.0576. The molecule has 1 saturated heterocycles. The van der Waals surface area contributed by atoms with Gasteiger partial charge in [0, 0.05) is 44.0 Å². The van der Waals surface area contributed by atoms with Crippen molar-refractivity contribution in [3.05, 3.63) is 40.7 Å². The molecule has 1 aliphatic rings. The van der Waals surface area contributed by atoms with Crippen LogP contribution in [0.1, 0.15) is 28.9 Å². The lowest BCUT2D eigenvalue weighted by molar-refractivity contribution is -0.121. The number of piperidine rings is 1. The average Bonchev–Trinajstić information content (AvgIpc) is 3.05. The van der Waals surface area contributed by atoms with Gasteiger partial charge in [0.25, 0.3) is 5.91 Å². The summed E-state index contributed by atoms with van der Waals surface area (Å²) in [5.74, 6) is -0.823. The summed E-state index contributed by atoms with van der Waals surface area (Å²) in [6.45, 7) is 2.83. The minimum atomic E-state index is -0.418. The van der Waals surface area contributed by atoms with Gasteiger partial charge in [-0.15, -0.1) is 11.3 Å². The van der Waals surface area contributed by atoms with E-state index in [2.05, 4.69) is 10.3 Å². The number of nitrogens with zero attached hydrogens (tertiary/aromatic N) is 3. The van der Waals surface area contributed by atoms with Crippen molar-refractivity contribution >= 4 is 34.0 Å². The summed E-state index contributed by atoms with van der Waals surface area (Å²) in [6, 6.07) is 4.53. The maximum absolute atomic E-state index is 14.1. The second-order valence-corrected chi connectivity index (χ2v) is 7.77. The lowest BCUT2D eigenvalue weighted by Gasteiger charge is -2.31. The molecule has 1 aliphatic heterocycles. The lowest BCUT2D eigenvalue weighted by atomic mass is 9.95. The first kappa shape index (κ1) is 19.3. The molecule has 0 aliphatic carbocycles. The van der Waals surface area contributed by atoms with Gasteiger partial charge in [0.15, 0.2) is 5.13 Å². The summed E-state index contributed by atoms with van der Waals surface area (Å²) in [7, 11) is 3.51. The Kier molecular flexibility index (Phi) is 5.74. The van der Waals surface area contributed by atoms with Crippen molar-refractivity contribution in [3.8, 4) is 0 Å². The molecule has 8 heteroatoms. The number of likely N-dealkylation sites (tertiary alicyclic amines) is 1. The van der Waals surface area contributed by atoms with Gasteiger partial charge in [0.2, 0.25) is 5.91 Å². The zero-order valence-corrected chi connectivity index (χ0v) is 16.5. The molecule has 3 rings (SSSR count). The SMILES string of the molecule is Cc1csc(NC(=O)C2CCN(C(=O)c3ccc(N(C)C)c(F)c3)CC2)n1. The van der Waals surface area contributed by atoms with Crippen molar-refractivity contribution in [1.82, 2.24) is 9.88 Å². The number of anilines is 2. The Morgan fingerprint density at radius 1 is 1.30 bits per heavy atom. The fourth-order valence-electron chi connectivity index (χ4n) is 3.15. The van der Waals surface area contributed by atoms with Crippen molar-refractivity contribution in [2.45, 2.75) is 19.8 Å². The van der Waals surface area contributed by atoms with E-state index >= 15 is 0 Å². The number of carbonyl (C=O) groups excluding carboxylic acids is 2. The Hall–Kier alpha value is -2.48. The summed E-state index contributed by atoms with van der Waals surface area (Å²) < 4.78 is 14.1. The molecule has 144 valence electrons. The second-order valence-electron chi connectivity index (χ2n) is 6.91. The van der Waals surface area contributed by atoms with Crippen LogP contribution in [-0.4, -0.2) is 48.9 Å². The first-order valence-electron chi connectivity index (χ1n) is 8.84. The third-order valence-electron chi connectivity index (χ3n) is 4.68. The second kappa shape index (κ2) is 8.04. The van der Waals surface area contributed by atoms with E-state index < -0.39 is 5.82 Å². The average molecular weight is 390 g/mol. The molecule has 0 bridgehead atoms. The summed E-state index contributed by atoms with van der Waals surface area (Å²) in [6.07, 6.45) is 1.17. The summed E-state index contributed by atoms with van der Waals surface area (Å²) in [5.41, 5.74) is 1.65. The van der Waals surface area contributed by atoms with Crippen LogP contribution in [0.2, 0.25) is 0 Å². The monoisotopic (exact) mass is 390 g/mol. The van der Waals surface area contributed by atoms with Crippen LogP contribution < -0.4 is 10.2 Å². The Labute approximate surface area is 162 Å². The molecule has 0 unspecified atom stereocenters. The minimum Gasteiger partial charge on any atom is -0.375 e. The number of halogens is 1. The smallest absolute Gasteiger partial charge is 0.253 e. The number of aryl methyl sites for hydroxylation is 1. The van der Waals surface area contributed by atoms with Crippen LogP contribution in [0.15, 0.2) is 23.6 Å².